The first kappa shape index (κ1) is 19.4. The summed E-state index contributed by atoms with van der Waals surface area (Å²) < 4.78 is 22.3. The van der Waals surface area contributed by atoms with Gasteiger partial charge in [-0.15, -0.1) is 0 Å². The summed E-state index contributed by atoms with van der Waals surface area (Å²) >= 11 is 0. The Balaban J connectivity index is 1.13. The van der Waals surface area contributed by atoms with E-state index in [1.54, 1.807) is 0 Å². The molecule has 32 heavy (non-hydrogen) atoms. The fourth-order valence-corrected chi connectivity index (χ4v) is 7.45. The van der Waals surface area contributed by atoms with Crippen LogP contribution in [0.15, 0.2) is 48.5 Å². The van der Waals surface area contributed by atoms with Crippen molar-refractivity contribution in [3.8, 4) is 11.5 Å². The predicted molar refractivity (Wildman–Crippen MR) is 121 cm³/mol. The second kappa shape index (κ2) is 7.23. The van der Waals surface area contributed by atoms with Crippen LogP contribution >= 0.6 is 0 Å². The standard InChI is InChI=1S/C28H32O4/c1-5-23(29-14-25-16-31-25)6-2-21(1)27-10-19-9-20(11-27)13-28(12-19,18-27)22-3-7-24(8-4-22)30-15-26-17-32-26/h1-8,19-20,25-26H,9-18H2. The molecule has 168 valence electrons. The molecule has 2 atom stereocenters. The largest absolute Gasteiger partial charge is 0.491 e. The first-order valence-corrected chi connectivity index (χ1v) is 12.4. The van der Waals surface area contributed by atoms with Crippen LogP contribution in [-0.2, 0) is 20.3 Å². The molecule has 4 saturated carbocycles. The highest BCUT2D eigenvalue weighted by molar-refractivity contribution is 5.41. The molecule has 6 aliphatic rings. The zero-order valence-corrected chi connectivity index (χ0v) is 18.6. The van der Waals surface area contributed by atoms with Crippen molar-refractivity contribution in [3.63, 3.8) is 0 Å². The van der Waals surface area contributed by atoms with E-state index in [1.807, 2.05) is 0 Å². The number of hydrogen-bond donors (Lipinski definition) is 0. The second-order valence-corrected chi connectivity index (χ2v) is 11.1. The third kappa shape index (κ3) is 3.52. The normalized spacial score (nSPS) is 38.5. The number of hydrogen-bond acceptors (Lipinski definition) is 4. The average molecular weight is 433 g/mol. The van der Waals surface area contributed by atoms with Gasteiger partial charge in [-0.05, 0) is 96.6 Å². The SMILES string of the molecule is c1cc(C23CC4CC(C2)CC(c2ccc(OCC5CO5)cc2)(C4)C3)ccc1OCC1CO1. The van der Waals surface area contributed by atoms with E-state index in [0.29, 0.717) is 36.3 Å². The molecule has 0 amide bonds. The van der Waals surface area contributed by atoms with Gasteiger partial charge in [0.25, 0.3) is 0 Å². The van der Waals surface area contributed by atoms with Gasteiger partial charge in [0.2, 0.25) is 0 Å². The lowest BCUT2D eigenvalue weighted by atomic mass is 9.42. The first-order chi connectivity index (χ1) is 15.7. The summed E-state index contributed by atoms with van der Waals surface area (Å²) in [6.45, 7) is 3.03. The van der Waals surface area contributed by atoms with Gasteiger partial charge in [0.15, 0.2) is 0 Å². The van der Waals surface area contributed by atoms with E-state index in [4.69, 9.17) is 18.9 Å². The van der Waals surface area contributed by atoms with Crippen molar-refractivity contribution in [3.05, 3.63) is 59.7 Å². The molecule has 2 saturated heterocycles. The number of rotatable bonds is 8. The van der Waals surface area contributed by atoms with E-state index < -0.39 is 0 Å². The van der Waals surface area contributed by atoms with E-state index in [2.05, 4.69) is 48.5 Å². The van der Waals surface area contributed by atoms with Gasteiger partial charge in [-0.25, -0.2) is 0 Å². The Kier molecular flexibility index (Phi) is 4.39. The zero-order valence-electron chi connectivity index (χ0n) is 18.6. The lowest BCUT2D eigenvalue weighted by molar-refractivity contribution is -0.0281. The van der Waals surface area contributed by atoms with E-state index in [1.165, 1.54) is 49.7 Å². The molecule has 2 heterocycles. The van der Waals surface area contributed by atoms with Crippen molar-refractivity contribution < 1.29 is 18.9 Å². The van der Waals surface area contributed by atoms with Gasteiger partial charge in [-0.2, -0.15) is 0 Å². The highest BCUT2D eigenvalue weighted by Gasteiger charge is 2.58. The van der Waals surface area contributed by atoms with Gasteiger partial charge in [0.05, 0.1) is 13.2 Å². The maximum absolute atomic E-state index is 5.90. The smallest absolute Gasteiger partial charge is 0.119 e. The molecule has 2 unspecified atom stereocenters. The van der Waals surface area contributed by atoms with Crippen LogP contribution in [0.5, 0.6) is 11.5 Å². The molecule has 4 heteroatoms. The highest BCUT2D eigenvalue weighted by atomic mass is 16.6. The van der Waals surface area contributed by atoms with Crippen LogP contribution in [0.4, 0.5) is 0 Å². The molecule has 0 spiro atoms. The molecule has 8 rings (SSSR count). The minimum Gasteiger partial charge on any atom is -0.491 e. The Morgan fingerprint density at radius 1 is 0.656 bits per heavy atom. The molecule has 4 bridgehead atoms. The molecule has 0 aromatic heterocycles. The fraction of sp³-hybridized carbons (Fsp3) is 0.571. The maximum Gasteiger partial charge on any atom is 0.119 e. The van der Waals surface area contributed by atoms with E-state index in [0.717, 1.165) is 36.5 Å². The van der Waals surface area contributed by atoms with E-state index >= 15 is 0 Å². The van der Waals surface area contributed by atoms with Crippen LogP contribution in [0.25, 0.3) is 0 Å². The van der Waals surface area contributed by atoms with Crippen molar-refractivity contribution >= 4 is 0 Å². The number of benzene rings is 2. The summed E-state index contributed by atoms with van der Waals surface area (Å²) in [4.78, 5) is 0. The number of ether oxygens (including phenoxy) is 4. The van der Waals surface area contributed by atoms with E-state index in [-0.39, 0.29) is 0 Å². The summed E-state index contributed by atoms with van der Waals surface area (Å²) in [5, 5.41) is 0. The lowest BCUT2D eigenvalue weighted by Gasteiger charge is -2.62. The zero-order chi connectivity index (χ0) is 21.2. The topological polar surface area (TPSA) is 43.5 Å². The van der Waals surface area contributed by atoms with Crippen LogP contribution in [0.2, 0.25) is 0 Å². The van der Waals surface area contributed by atoms with Gasteiger partial charge in [0.1, 0.15) is 36.9 Å². The van der Waals surface area contributed by atoms with Crippen molar-refractivity contribution in [1.82, 2.24) is 0 Å². The minimum absolute atomic E-state index is 0.302. The van der Waals surface area contributed by atoms with Crippen molar-refractivity contribution in [2.75, 3.05) is 26.4 Å². The van der Waals surface area contributed by atoms with E-state index in [9.17, 15) is 0 Å². The van der Waals surface area contributed by atoms with Crippen molar-refractivity contribution in [2.24, 2.45) is 11.8 Å². The fourth-order valence-electron chi connectivity index (χ4n) is 7.45. The Morgan fingerprint density at radius 2 is 1.06 bits per heavy atom. The highest BCUT2D eigenvalue weighted by Crippen LogP contribution is 2.66. The molecular formula is C28H32O4. The van der Waals surface area contributed by atoms with Gasteiger partial charge in [-0.1, -0.05) is 24.3 Å². The summed E-state index contributed by atoms with van der Waals surface area (Å²) in [6.07, 6.45) is 8.71. The quantitative estimate of drug-likeness (QED) is 0.549. The van der Waals surface area contributed by atoms with Gasteiger partial charge >= 0.3 is 0 Å². The summed E-state index contributed by atoms with van der Waals surface area (Å²) in [5.74, 6) is 3.64. The Hall–Kier alpha value is -2.04. The van der Waals surface area contributed by atoms with Gasteiger partial charge in [0, 0.05) is 0 Å². The van der Waals surface area contributed by atoms with Crippen molar-refractivity contribution in [1.29, 1.82) is 0 Å². The molecule has 0 N–H and O–H groups in total. The Morgan fingerprint density at radius 3 is 1.44 bits per heavy atom. The molecule has 6 fully saturated rings. The van der Waals surface area contributed by atoms with Crippen molar-refractivity contribution in [2.45, 2.75) is 61.6 Å². The van der Waals surface area contributed by atoms with Crippen LogP contribution in [-0.4, -0.2) is 38.6 Å². The maximum atomic E-state index is 5.90. The Bertz CT molecular complexity index is 882. The molecule has 2 aliphatic heterocycles. The third-order valence-electron chi connectivity index (χ3n) is 8.67. The summed E-state index contributed by atoms with van der Waals surface area (Å²) in [5.41, 5.74) is 3.69. The van der Waals surface area contributed by atoms with Crippen LogP contribution in [0.1, 0.15) is 49.7 Å². The van der Waals surface area contributed by atoms with Gasteiger partial charge in [-0.3, -0.25) is 0 Å². The van der Waals surface area contributed by atoms with Crippen LogP contribution in [0.3, 0.4) is 0 Å². The molecule has 0 radical (unpaired) electrons. The monoisotopic (exact) mass is 432 g/mol. The molecular weight excluding hydrogens is 400 g/mol. The number of epoxide rings is 2. The summed E-state index contributed by atoms with van der Waals surface area (Å²) in [7, 11) is 0. The molecule has 4 nitrogen and oxygen atoms in total. The summed E-state index contributed by atoms with van der Waals surface area (Å²) in [6, 6.07) is 18.1. The van der Waals surface area contributed by atoms with Crippen LogP contribution < -0.4 is 9.47 Å². The molecule has 2 aromatic carbocycles. The Labute approximate surface area is 190 Å². The molecule has 4 aliphatic carbocycles. The molecule has 2 aromatic rings. The average Bonchev–Trinajstić information content (AvgIpc) is 3.71. The minimum atomic E-state index is 0.302. The lowest BCUT2D eigenvalue weighted by Crippen LogP contribution is -2.55. The third-order valence-corrected chi connectivity index (χ3v) is 8.67. The van der Waals surface area contributed by atoms with Gasteiger partial charge < -0.3 is 18.9 Å². The second-order valence-electron chi connectivity index (χ2n) is 11.1. The predicted octanol–water partition coefficient (Wildman–Crippen LogP) is 5.03. The first-order valence-electron chi connectivity index (χ1n) is 12.4. The van der Waals surface area contributed by atoms with Crippen LogP contribution in [0, 0.1) is 11.8 Å².